The number of ether oxygens (including phenoxy) is 1. The lowest BCUT2D eigenvalue weighted by Gasteiger charge is -2.65. The van der Waals surface area contributed by atoms with Crippen LogP contribution in [0.4, 0.5) is 0 Å². The topological polar surface area (TPSA) is 32.7 Å². The van der Waals surface area contributed by atoms with E-state index >= 15 is 0 Å². The summed E-state index contributed by atoms with van der Waals surface area (Å²) >= 11 is 0. The van der Waals surface area contributed by atoms with Gasteiger partial charge in [-0.1, -0.05) is 36.4 Å². The fraction of sp³-hybridized carbons (Fsp3) is 0.500. The molecule has 3 heteroatoms. The molecule has 1 N–H and O–H groups in total. The van der Waals surface area contributed by atoms with Crippen LogP contribution in [0.25, 0.3) is 0 Å². The van der Waals surface area contributed by atoms with Crippen LogP contribution < -0.4 is 4.74 Å². The number of nitrogens with zero attached hydrogens (tertiary/aromatic N) is 1. The van der Waals surface area contributed by atoms with Crippen LogP contribution in [-0.2, 0) is 12.0 Å². The Morgan fingerprint density at radius 1 is 1.19 bits per heavy atom. The van der Waals surface area contributed by atoms with E-state index in [-0.39, 0.29) is 0 Å². The monoisotopic (exact) mass is 363 g/mol. The van der Waals surface area contributed by atoms with Gasteiger partial charge in [0.05, 0.1) is 12.7 Å². The van der Waals surface area contributed by atoms with Gasteiger partial charge in [-0.2, -0.15) is 0 Å². The molecule has 1 saturated carbocycles. The SMILES string of the molecule is COc1cccc(CC(O)(c2ccccc2C)C2CC34CCN3CCC24)c1. The zero-order valence-electron chi connectivity index (χ0n) is 16.3. The second kappa shape index (κ2) is 6.08. The minimum atomic E-state index is -0.820. The predicted octanol–water partition coefficient (Wildman–Crippen LogP) is 3.92. The van der Waals surface area contributed by atoms with Crippen LogP contribution in [0.2, 0.25) is 0 Å². The number of aliphatic hydroxyl groups is 1. The van der Waals surface area contributed by atoms with E-state index < -0.39 is 5.60 Å². The standard InChI is InChI=1S/C24H29NO2/c1-17-6-3-4-9-20(17)24(26,15-18-7-5-8-19(14-18)27-2)22-16-23-11-13-25(23)12-10-21(22)23/h3-9,14,21-22,26H,10-13,15-16H2,1-2H3. The molecule has 3 aliphatic rings. The number of aryl methyl sites for hydroxylation is 1. The Balaban J connectivity index is 1.53. The Hall–Kier alpha value is -1.84. The van der Waals surface area contributed by atoms with E-state index in [1.165, 1.54) is 31.5 Å². The summed E-state index contributed by atoms with van der Waals surface area (Å²) in [5, 5.41) is 12.2. The van der Waals surface area contributed by atoms with Gasteiger partial charge in [0.15, 0.2) is 0 Å². The Morgan fingerprint density at radius 3 is 2.78 bits per heavy atom. The molecule has 4 atom stereocenters. The first-order valence-electron chi connectivity index (χ1n) is 10.2. The molecule has 0 radical (unpaired) electrons. The van der Waals surface area contributed by atoms with Gasteiger partial charge in [0, 0.05) is 18.5 Å². The van der Waals surface area contributed by atoms with E-state index in [2.05, 4.69) is 48.2 Å². The molecule has 0 bridgehead atoms. The van der Waals surface area contributed by atoms with Crippen molar-refractivity contribution in [3.63, 3.8) is 0 Å². The molecule has 0 aromatic heterocycles. The van der Waals surface area contributed by atoms with E-state index in [1.807, 2.05) is 12.1 Å². The maximum atomic E-state index is 12.2. The third-order valence-electron chi connectivity index (χ3n) is 7.74. The van der Waals surface area contributed by atoms with E-state index in [0.29, 0.717) is 23.8 Å². The quantitative estimate of drug-likeness (QED) is 0.874. The van der Waals surface area contributed by atoms with Crippen LogP contribution in [0, 0.1) is 18.8 Å². The van der Waals surface area contributed by atoms with Gasteiger partial charge in [0.2, 0.25) is 0 Å². The van der Waals surface area contributed by atoms with E-state index in [4.69, 9.17) is 4.74 Å². The highest BCUT2D eigenvalue weighted by molar-refractivity contribution is 5.38. The normalized spacial score (nSPS) is 31.2. The number of rotatable bonds is 5. The molecule has 0 amide bonds. The molecule has 1 spiro atoms. The van der Waals surface area contributed by atoms with E-state index in [0.717, 1.165) is 23.3 Å². The molecule has 142 valence electrons. The van der Waals surface area contributed by atoms with Crippen molar-refractivity contribution in [3.8, 4) is 5.75 Å². The van der Waals surface area contributed by atoms with Crippen LogP contribution in [0.1, 0.15) is 36.0 Å². The summed E-state index contributed by atoms with van der Waals surface area (Å²) in [5.41, 5.74) is 3.02. The fourth-order valence-corrected chi connectivity index (χ4v) is 6.28. The zero-order valence-corrected chi connectivity index (χ0v) is 16.3. The van der Waals surface area contributed by atoms with Crippen LogP contribution in [0.3, 0.4) is 0 Å². The summed E-state index contributed by atoms with van der Waals surface area (Å²) in [7, 11) is 1.70. The van der Waals surface area contributed by atoms with Crippen molar-refractivity contribution in [2.75, 3.05) is 20.2 Å². The lowest BCUT2D eigenvalue weighted by Crippen LogP contribution is -2.70. The van der Waals surface area contributed by atoms with Gasteiger partial charge < -0.3 is 9.84 Å². The first kappa shape index (κ1) is 17.3. The van der Waals surface area contributed by atoms with Crippen molar-refractivity contribution in [3.05, 3.63) is 65.2 Å². The molecular formula is C24H29NO2. The number of benzene rings is 2. The largest absolute Gasteiger partial charge is 0.497 e. The molecule has 2 aromatic rings. The van der Waals surface area contributed by atoms with Crippen molar-refractivity contribution >= 4 is 0 Å². The van der Waals surface area contributed by atoms with E-state index in [1.54, 1.807) is 7.11 Å². The highest BCUT2D eigenvalue weighted by Gasteiger charge is 2.68. The summed E-state index contributed by atoms with van der Waals surface area (Å²) < 4.78 is 5.42. The van der Waals surface area contributed by atoms with Crippen molar-refractivity contribution in [2.45, 2.75) is 43.7 Å². The molecule has 27 heavy (non-hydrogen) atoms. The van der Waals surface area contributed by atoms with Gasteiger partial charge in [-0.25, -0.2) is 0 Å². The Bertz CT molecular complexity index is 865. The molecule has 2 saturated heterocycles. The van der Waals surface area contributed by atoms with Gasteiger partial charge in [-0.15, -0.1) is 0 Å². The minimum absolute atomic E-state index is 0.329. The molecule has 5 rings (SSSR count). The smallest absolute Gasteiger partial charge is 0.119 e. The average molecular weight is 364 g/mol. The highest BCUT2D eigenvalue weighted by atomic mass is 16.5. The summed E-state index contributed by atoms with van der Waals surface area (Å²) in [6.07, 6.45) is 4.33. The Kier molecular flexibility index (Phi) is 3.89. The van der Waals surface area contributed by atoms with Gasteiger partial charge >= 0.3 is 0 Å². The molecule has 4 unspecified atom stereocenters. The maximum absolute atomic E-state index is 12.2. The fourth-order valence-electron chi connectivity index (χ4n) is 6.28. The molecular weight excluding hydrogens is 334 g/mol. The van der Waals surface area contributed by atoms with Crippen molar-refractivity contribution < 1.29 is 9.84 Å². The summed E-state index contributed by atoms with van der Waals surface area (Å²) in [6.45, 7) is 4.59. The zero-order chi connectivity index (χ0) is 18.6. The molecule has 1 aliphatic carbocycles. The van der Waals surface area contributed by atoms with E-state index in [9.17, 15) is 5.11 Å². The summed E-state index contributed by atoms with van der Waals surface area (Å²) in [5.74, 6) is 1.81. The van der Waals surface area contributed by atoms with Crippen LogP contribution in [0.5, 0.6) is 5.75 Å². The Morgan fingerprint density at radius 2 is 2.04 bits per heavy atom. The second-order valence-electron chi connectivity index (χ2n) is 8.81. The lowest BCUT2D eigenvalue weighted by atomic mass is 9.49. The third-order valence-corrected chi connectivity index (χ3v) is 7.74. The van der Waals surface area contributed by atoms with Gasteiger partial charge in [-0.3, -0.25) is 4.90 Å². The Labute approximate surface area is 162 Å². The van der Waals surface area contributed by atoms with Gasteiger partial charge in [-0.05, 0) is 73.4 Å². The summed E-state index contributed by atoms with van der Waals surface area (Å²) in [6, 6.07) is 16.6. The first-order chi connectivity index (χ1) is 13.1. The number of hydrogen-bond donors (Lipinski definition) is 1. The maximum Gasteiger partial charge on any atom is 0.119 e. The predicted molar refractivity (Wildman–Crippen MR) is 107 cm³/mol. The molecule has 2 heterocycles. The minimum Gasteiger partial charge on any atom is -0.497 e. The second-order valence-corrected chi connectivity index (χ2v) is 8.81. The molecule has 3 nitrogen and oxygen atoms in total. The van der Waals surface area contributed by atoms with Crippen molar-refractivity contribution in [1.29, 1.82) is 0 Å². The summed E-state index contributed by atoms with van der Waals surface area (Å²) in [4.78, 5) is 2.66. The van der Waals surface area contributed by atoms with Crippen molar-refractivity contribution in [1.82, 2.24) is 4.90 Å². The first-order valence-corrected chi connectivity index (χ1v) is 10.2. The highest BCUT2D eigenvalue weighted by Crippen LogP contribution is 2.65. The number of hydrogen-bond acceptors (Lipinski definition) is 3. The number of methoxy groups -OCH3 is 1. The third kappa shape index (κ3) is 2.41. The molecule has 2 aliphatic heterocycles. The van der Waals surface area contributed by atoms with Crippen LogP contribution in [-0.4, -0.2) is 35.7 Å². The molecule has 2 aromatic carbocycles. The lowest BCUT2D eigenvalue weighted by molar-refractivity contribution is -0.183. The van der Waals surface area contributed by atoms with Crippen LogP contribution in [0.15, 0.2) is 48.5 Å². The van der Waals surface area contributed by atoms with Crippen molar-refractivity contribution in [2.24, 2.45) is 11.8 Å². The van der Waals surface area contributed by atoms with Gasteiger partial charge in [0.1, 0.15) is 5.75 Å². The molecule has 3 fully saturated rings. The van der Waals surface area contributed by atoms with Gasteiger partial charge in [0.25, 0.3) is 0 Å². The van der Waals surface area contributed by atoms with Crippen LogP contribution >= 0.6 is 0 Å². The average Bonchev–Trinajstić information content (AvgIpc) is 2.81.